The van der Waals surface area contributed by atoms with Gasteiger partial charge in [0.1, 0.15) is 0 Å². The molecule has 0 unspecified atom stereocenters. The van der Waals surface area contributed by atoms with Gasteiger partial charge in [0.2, 0.25) is 0 Å². The number of fused-ring (bicyclic) bond motifs is 2. The standard InChI is InChI=1S/C23H27N3O2/c27-23(18-5-6-19-13-24-14-21(19)11-18)26-15-20-4-2-1-3-17(20)12-22(26)16-25-7-9-28-10-8-25/h1-6,11,22,24H,7-10,12-16H2/t22-/m0/s1. The van der Waals surface area contributed by atoms with Crippen LogP contribution in [0.1, 0.15) is 32.6 Å². The van der Waals surface area contributed by atoms with Gasteiger partial charge in [-0.05, 0) is 40.8 Å². The van der Waals surface area contributed by atoms with Crippen molar-refractivity contribution in [3.05, 3.63) is 70.3 Å². The fourth-order valence-electron chi connectivity index (χ4n) is 4.66. The van der Waals surface area contributed by atoms with E-state index in [1.807, 2.05) is 6.07 Å². The summed E-state index contributed by atoms with van der Waals surface area (Å²) in [6, 6.07) is 15.0. The van der Waals surface area contributed by atoms with Crippen LogP contribution in [0.2, 0.25) is 0 Å². The van der Waals surface area contributed by atoms with Gasteiger partial charge in [-0.25, -0.2) is 0 Å². The predicted octanol–water partition coefficient (Wildman–Crippen LogP) is 2.19. The van der Waals surface area contributed by atoms with Crippen LogP contribution in [0.5, 0.6) is 0 Å². The first kappa shape index (κ1) is 17.9. The summed E-state index contributed by atoms with van der Waals surface area (Å²) in [5, 5.41) is 3.37. The van der Waals surface area contributed by atoms with Crippen LogP contribution in [0, 0.1) is 0 Å². The van der Waals surface area contributed by atoms with Crippen LogP contribution < -0.4 is 5.32 Å². The topological polar surface area (TPSA) is 44.8 Å². The molecular formula is C23H27N3O2. The van der Waals surface area contributed by atoms with Crippen molar-refractivity contribution in [2.45, 2.75) is 32.1 Å². The molecule has 5 heteroatoms. The molecule has 0 aliphatic carbocycles. The molecule has 0 aromatic heterocycles. The molecule has 1 N–H and O–H groups in total. The van der Waals surface area contributed by atoms with E-state index in [0.29, 0.717) is 6.54 Å². The Labute approximate surface area is 166 Å². The van der Waals surface area contributed by atoms with Crippen molar-refractivity contribution >= 4 is 5.91 Å². The summed E-state index contributed by atoms with van der Waals surface area (Å²) in [7, 11) is 0. The Bertz CT molecular complexity index is 876. The van der Waals surface area contributed by atoms with Crippen molar-refractivity contribution in [1.29, 1.82) is 0 Å². The van der Waals surface area contributed by atoms with Crippen LogP contribution in [-0.4, -0.2) is 54.6 Å². The molecule has 1 saturated heterocycles. The Hall–Kier alpha value is -2.21. The normalized spacial score (nSPS) is 22.0. The van der Waals surface area contributed by atoms with Crippen LogP contribution in [0.15, 0.2) is 42.5 Å². The van der Waals surface area contributed by atoms with Gasteiger partial charge in [-0.3, -0.25) is 9.69 Å². The Balaban J connectivity index is 1.42. The Morgan fingerprint density at radius 3 is 2.64 bits per heavy atom. The van der Waals surface area contributed by atoms with E-state index in [0.717, 1.165) is 57.9 Å². The number of nitrogens with one attached hydrogen (secondary N) is 1. The smallest absolute Gasteiger partial charge is 0.254 e. The highest BCUT2D eigenvalue weighted by Crippen LogP contribution is 2.27. The van der Waals surface area contributed by atoms with Gasteiger partial charge in [0.15, 0.2) is 0 Å². The molecule has 1 amide bonds. The van der Waals surface area contributed by atoms with Crippen LogP contribution in [0.4, 0.5) is 0 Å². The fraction of sp³-hybridized carbons (Fsp3) is 0.435. The summed E-state index contributed by atoms with van der Waals surface area (Å²) in [4.78, 5) is 18.1. The van der Waals surface area contributed by atoms with Crippen LogP contribution in [0.3, 0.4) is 0 Å². The molecule has 5 nitrogen and oxygen atoms in total. The third-order valence-electron chi connectivity index (χ3n) is 6.27. The maximum Gasteiger partial charge on any atom is 0.254 e. The molecule has 28 heavy (non-hydrogen) atoms. The lowest BCUT2D eigenvalue weighted by molar-refractivity contribution is 0.0193. The van der Waals surface area contributed by atoms with E-state index in [-0.39, 0.29) is 11.9 Å². The van der Waals surface area contributed by atoms with Crippen LogP contribution in [0.25, 0.3) is 0 Å². The second-order valence-corrected chi connectivity index (χ2v) is 8.06. The first-order valence-corrected chi connectivity index (χ1v) is 10.3. The third kappa shape index (κ3) is 3.46. The molecule has 2 aromatic rings. The zero-order valence-corrected chi connectivity index (χ0v) is 16.2. The van der Waals surface area contributed by atoms with E-state index in [2.05, 4.69) is 51.5 Å². The molecule has 1 fully saturated rings. The van der Waals surface area contributed by atoms with E-state index in [4.69, 9.17) is 4.74 Å². The van der Waals surface area contributed by atoms with Gasteiger partial charge in [-0.2, -0.15) is 0 Å². The number of benzene rings is 2. The van der Waals surface area contributed by atoms with E-state index in [9.17, 15) is 4.79 Å². The molecule has 0 bridgehead atoms. The highest BCUT2D eigenvalue weighted by Gasteiger charge is 2.32. The highest BCUT2D eigenvalue weighted by atomic mass is 16.5. The second-order valence-electron chi connectivity index (χ2n) is 8.06. The first-order valence-electron chi connectivity index (χ1n) is 10.3. The maximum atomic E-state index is 13.5. The average Bonchev–Trinajstić information content (AvgIpc) is 3.21. The largest absolute Gasteiger partial charge is 0.379 e. The molecule has 3 heterocycles. The maximum absolute atomic E-state index is 13.5. The predicted molar refractivity (Wildman–Crippen MR) is 108 cm³/mol. The number of carbonyl (C=O) groups excluding carboxylic acids is 1. The van der Waals surface area contributed by atoms with E-state index in [1.165, 1.54) is 22.3 Å². The number of hydrogen-bond acceptors (Lipinski definition) is 4. The quantitative estimate of drug-likeness (QED) is 0.891. The van der Waals surface area contributed by atoms with Gasteiger partial charge in [-0.15, -0.1) is 0 Å². The Morgan fingerprint density at radius 1 is 1.00 bits per heavy atom. The minimum absolute atomic E-state index is 0.155. The van der Waals surface area contributed by atoms with E-state index >= 15 is 0 Å². The van der Waals surface area contributed by atoms with E-state index < -0.39 is 0 Å². The summed E-state index contributed by atoms with van der Waals surface area (Å²) >= 11 is 0. The van der Waals surface area contributed by atoms with Crippen LogP contribution >= 0.6 is 0 Å². The molecule has 5 rings (SSSR count). The lowest BCUT2D eigenvalue weighted by atomic mass is 9.92. The number of rotatable bonds is 3. The van der Waals surface area contributed by atoms with Gasteiger partial charge < -0.3 is 15.0 Å². The highest BCUT2D eigenvalue weighted by molar-refractivity contribution is 5.95. The van der Waals surface area contributed by atoms with Crippen LogP contribution in [-0.2, 0) is 30.8 Å². The summed E-state index contributed by atoms with van der Waals surface area (Å²) in [6.45, 7) is 6.84. The number of nitrogens with zero attached hydrogens (tertiary/aromatic N) is 2. The van der Waals surface area contributed by atoms with Gasteiger partial charge in [0.05, 0.1) is 13.2 Å². The molecule has 0 radical (unpaired) electrons. The Morgan fingerprint density at radius 2 is 1.79 bits per heavy atom. The average molecular weight is 377 g/mol. The Kier molecular flexibility index (Phi) is 4.89. The lowest BCUT2D eigenvalue weighted by Gasteiger charge is -2.40. The van der Waals surface area contributed by atoms with Crippen molar-refractivity contribution in [2.75, 3.05) is 32.8 Å². The molecule has 146 valence electrons. The van der Waals surface area contributed by atoms with Gasteiger partial charge in [0, 0.05) is 50.9 Å². The summed E-state index contributed by atoms with van der Waals surface area (Å²) < 4.78 is 5.50. The molecule has 3 aliphatic rings. The van der Waals surface area contributed by atoms with Crippen molar-refractivity contribution in [3.8, 4) is 0 Å². The van der Waals surface area contributed by atoms with Gasteiger partial charge in [0.25, 0.3) is 5.91 Å². The number of hydrogen-bond donors (Lipinski definition) is 1. The van der Waals surface area contributed by atoms with Crippen molar-refractivity contribution < 1.29 is 9.53 Å². The summed E-state index contributed by atoms with van der Waals surface area (Å²) in [5.74, 6) is 0.155. The molecule has 3 aliphatic heterocycles. The number of carbonyl (C=O) groups is 1. The van der Waals surface area contributed by atoms with E-state index in [1.54, 1.807) is 0 Å². The fourth-order valence-corrected chi connectivity index (χ4v) is 4.66. The lowest BCUT2D eigenvalue weighted by Crippen LogP contribution is -2.52. The minimum atomic E-state index is 0.155. The van der Waals surface area contributed by atoms with Gasteiger partial charge >= 0.3 is 0 Å². The van der Waals surface area contributed by atoms with Crippen molar-refractivity contribution in [2.24, 2.45) is 0 Å². The zero-order valence-electron chi connectivity index (χ0n) is 16.2. The number of morpholine rings is 1. The summed E-state index contributed by atoms with van der Waals surface area (Å²) in [6.07, 6.45) is 0.922. The molecular weight excluding hydrogens is 350 g/mol. The minimum Gasteiger partial charge on any atom is -0.379 e. The second kappa shape index (κ2) is 7.66. The molecule has 1 atom stereocenters. The van der Waals surface area contributed by atoms with Crippen molar-refractivity contribution in [1.82, 2.24) is 15.1 Å². The van der Waals surface area contributed by atoms with Crippen molar-refractivity contribution in [3.63, 3.8) is 0 Å². The third-order valence-corrected chi connectivity index (χ3v) is 6.27. The number of ether oxygens (including phenoxy) is 1. The molecule has 0 spiro atoms. The summed E-state index contributed by atoms with van der Waals surface area (Å²) in [5.41, 5.74) is 6.03. The number of amides is 1. The SMILES string of the molecule is O=C(c1ccc2c(c1)CNC2)N1Cc2ccccc2C[C@H]1CN1CCOCC1. The molecule has 0 saturated carbocycles. The van der Waals surface area contributed by atoms with Gasteiger partial charge in [-0.1, -0.05) is 30.3 Å². The monoisotopic (exact) mass is 377 g/mol. The first-order chi connectivity index (χ1) is 13.8. The molecule has 2 aromatic carbocycles. The zero-order chi connectivity index (χ0) is 18.9.